The Morgan fingerprint density at radius 2 is 2.31 bits per heavy atom. The van der Waals surface area contributed by atoms with Crippen molar-refractivity contribution in [3.8, 4) is 0 Å². The number of ether oxygens (including phenoxy) is 2. The summed E-state index contributed by atoms with van der Waals surface area (Å²) < 4.78 is 10.6. The second kappa shape index (κ2) is 6.06. The van der Waals surface area contributed by atoms with Gasteiger partial charge >= 0.3 is 6.09 Å². The fraction of sp³-hybridized carbons (Fsp3) is 0.909. The van der Waals surface area contributed by atoms with Crippen molar-refractivity contribution in [2.45, 2.75) is 38.9 Å². The van der Waals surface area contributed by atoms with Crippen LogP contribution in [0.15, 0.2) is 0 Å². The summed E-state index contributed by atoms with van der Waals surface area (Å²) in [6, 6.07) is 0. The number of morpholine rings is 1. The van der Waals surface area contributed by atoms with Gasteiger partial charge in [0.15, 0.2) is 0 Å². The Bertz CT molecular complexity index is 220. The van der Waals surface area contributed by atoms with E-state index in [2.05, 4.69) is 10.6 Å². The molecule has 1 aliphatic heterocycles. The average Bonchev–Trinajstić information content (AvgIpc) is 2.16. The largest absolute Gasteiger partial charge is 0.444 e. The van der Waals surface area contributed by atoms with Crippen LogP contribution in [0.2, 0.25) is 0 Å². The second-order valence-electron chi connectivity index (χ2n) is 4.91. The van der Waals surface area contributed by atoms with E-state index in [0.717, 1.165) is 26.1 Å². The van der Waals surface area contributed by atoms with Crippen molar-refractivity contribution in [1.82, 2.24) is 10.6 Å². The highest BCUT2D eigenvalue weighted by atomic mass is 16.6. The van der Waals surface area contributed by atoms with Crippen molar-refractivity contribution < 1.29 is 14.3 Å². The quantitative estimate of drug-likeness (QED) is 0.756. The SMILES string of the molecule is CC(C)(C)OC(=O)NCCC1CNCCO1. The normalized spacial score (nSPS) is 21.6. The van der Waals surface area contributed by atoms with Crippen LogP contribution >= 0.6 is 0 Å². The molecule has 0 aromatic heterocycles. The minimum absolute atomic E-state index is 0.198. The number of nitrogens with one attached hydrogen (secondary N) is 2. The first-order valence-corrected chi connectivity index (χ1v) is 5.76. The summed E-state index contributed by atoms with van der Waals surface area (Å²) in [5.74, 6) is 0. The Balaban J connectivity index is 2.08. The maximum Gasteiger partial charge on any atom is 0.407 e. The van der Waals surface area contributed by atoms with Gasteiger partial charge in [-0.3, -0.25) is 0 Å². The molecular formula is C11H22N2O3. The lowest BCUT2D eigenvalue weighted by Gasteiger charge is -2.24. The summed E-state index contributed by atoms with van der Waals surface area (Å²) in [6.45, 7) is 8.65. The summed E-state index contributed by atoms with van der Waals surface area (Å²) in [7, 11) is 0. The molecule has 0 aromatic rings. The van der Waals surface area contributed by atoms with Crippen LogP contribution in [0.5, 0.6) is 0 Å². The molecular weight excluding hydrogens is 208 g/mol. The molecule has 0 spiro atoms. The van der Waals surface area contributed by atoms with Crippen LogP contribution in [0.4, 0.5) is 4.79 Å². The summed E-state index contributed by atoms with van der Waals surface area (Å²) in [4.78, 5) is 11.3. The lowest BCUT2D eigenvalue weighted by molar-refractivity contribution is 0.0219. The number of carbonyl (C=O) groups excluding carboxylic acids is 1. The molecule has 2 N–H and O–H groups in total. The molecule has 0 saturated carbocycles. The van der Waals surface area contributed by atoms with Crippen molar-refractivity contribution >= 4 is 6.09 Å². The zero-order valence-corrected chi connectivity index (χ0v) is 10.3. The Morgan fingerprint density at radius 3 is 2.88 bits per heavy atom. The van der Waals surface area contributed by atoms with E-state index in [-0.39, 0.29) is 12.2 Å². The van der Waals surface area contributed by atoms with Crippen LogP contribution in [0.3, 0.4) is 0 Å². The molecule has 5 heteroatoms. The highest BCUT2D eigenvalue weighted by Crippen LogP contribution is 2.06. The fourth-order valence-electron chi connectivity index (χ4n) is 1.45. The minimum Gasteiger partial charge on any atom is -0.444 e. The molecule has 1 amide bonds. The van der Waals surface area contributed by atoms with Crippen LogP contribution in [0.25, 0.3) is 0 Å². The number of amides is 1. The Labute approximate surface area is 96.9 Å². The van der Waals surface area contributed by atoms with Gasteiger partial charge in [-0.05, 0) is 27.2 Å². The maximum absolute atomic E-state index is 11.3. The van der Waals surface area contributed by atoms with Gasteiger partial charge in [-0.1, -0.05) is 0 Å². The zero-order valence-electron chi connectivity index (χ0n) is 10.3. The van der Waals surface area contributed by atoms with E-state index >= 15 is 0 Å². The molecule has 94 valence electrons. The summed E-state index contributed by atoms with van der Waals surface area (Å²) in [6.07, 6.45) is 0.645. The first-order chi connectivity index (χ1) is 7.47. The number of hydrogen-bond acceptors (Lipinski definition) is 4. The first kappa shape index (κ1) is 13.3. The van der Waals surface area contributed by atoms with E-state index in [0.29, 0.717) is 6.54 Å². The molecule has 5 nitrogen and oxygen atoms in total. The van der Waals surface area contributed by atoms with Gasteiger partial charge in [-0.15, -0.1) is 0 Å². The van der Waals surface area contributed by atoms with Gasteiger partial charge in [0, 0.05) is 19.6 Å². The summed E-state index contributed by atoms with van der Waals surface area (Å²) in [5.41, 5.74) is -0.438. The van der Waals surface area contributed by atoms with Crippen molar-refractivity contribution in [2.75, 3.05) is 26.2 Å². The molecule has 16 heavy (non-hydrogen) atoms. The van der Waals surface area contributed by atoms with Gasteiger partial charge in [0.25, 0.3) is 0 Å². The molecule has 0 aromatic carbocycles. The zero-order chi connectivity index (χ0) is 12.0. The molecule has 1 saturated heterocycles. The molecule has 0 aliphatic carbocycles. The Hall–Kier alpha value is -0.810. The average molecular weight is 230 g/mol. The van der Waals surface area contributed by atoms with Crippen molar-refractivity contribution in [3.63, 3.8) is 0 Å². The topological polar surface area (TPSA) is 59.6 Å². The maximum atomic E-state index is 11.3. The van der Waals surface area contributed by atoms with Crippen molar-refractivity contribution in [2.24, 2.45) is 0 Å². The number of carbonyl (C=O) groups is 1. The lowest BCUT2D eigenvalue weighted by Crippen LogP contribution is -2.41. The Morgan fingerprint density at radius 1 is 1.56 bits per heavy atom. The minimum atomic E-state index is -0.438. The van der Waals surface area contributed by atoms with Crippen LogP contribution in [-0.4, -0.2) is 44.0 Å². The van der Waals surface area contributed by atoms with Gasteiger partial charge in [-0.2, -0.15) is 0 Å². The van der Waals surface area contributed by atoms with Gasteiger partial charge in [0.1, 0.15) is 5.60 Å². The van der Waals surface area contributed by atoms with Gasteiger partial charge < -0.3 is 20.1 Å². The molecule has 1 fully saturated rings. The Kier molecular flexibility index (Phi) is 5.02. The third-order valence-electron chi connectivity index (χ3n) is 2.14. The van der Waals surface area contributed by atoms with E-state index < -0.39 is 5.60 Å². The predicted octanol–water partition coefficient (Wildman–Crippen LogP) is 0.890. The number of rotatable bonds is 3. The molecule has 1 aliphatic rings. The summed E-state index contributed by atoms with van der Waals surface area (Å²) in [5, 5.41) is 5.96. The van der Waals surface area contributed by atoms with Crippen LogP contribution in [0, 0.1) is 0 Å². The third-order valence-corrected chi connectivity index (χ3v) is 2.14. The van der Waals surface area contributed by atoms with Gasteiger partial charge in [0.2, 0.25) is 0 Å². The van der Waals surface area contributed by atoms with E-state index in [9.17, 15) is 4.79 Å². The highest BCUT2D eigenvalue weighted by molar-refractivity contribution is 5.67. The fourth-order valence-corrected chi connectivity index (χ4v) is 1.45. The molecule has 1 rings (SSSR count). The van der Waals surface area contributed by atoms with Crippen LogP contribution < -0.4 is 10.6 Å². The van der Waals surface area contributed by atoms with E-state index in [1.807, 2.05) is 20.8 Å². The molecule has 1 atom stereocenters. The van der Waals surface area contributed by atoms with Crippen LogP contribution in [0.1, 0.15) is 27.2 Å². The lowest BCUT2D eigenvalue weighted by atomic mass is 10.2. The molecule has 1 heterocycles. The van der Waals surface area contributed by atoms with E-state index in [1.165, 1.54) is 0 Å². The first-order valence-electron chi connectivity index (χ1n) is 5.76. The third kappa shape index (κ3) is 5.92. The standard InChI is InChI=1S/C11H22N2O3/c1-11(2,3)16-10(14)13-5-4-9-8-12-6-7-15-9/h9,12H,4-8H2,1-3H3,(H,13,14). The predicted molar refractivity (Wildman–Crippen MR) is 61.5 cm³/mol. The second-order valence-corrected chi connectivity index (χ2v) is 4.91. The smallest absolute Gasteiger partial charge is 0.407 e. The molecule has 0 radical (unpaired) electrons. The molecule has 1 unspecified atom stereocenters. The number of alkyl carbamates (subject to hydrolysis) is 1. The van der Waals surface area contributed by atoms with Gasteiger partial charge in [-0.25, -0.2) is 4.79 Å². The van der Waals surface area contributed by atoms with Crippen LogP contribution in [-0.2, 0) is 9.47 Å². The van der Waals surface area contributed by atoms with Crippen molar-refractivity contribution in [1.29, 1.82) is 0 Å². The van der Waals surface area contributed by atoms with Crippen molar-refractivity contribution in [3.05, 3.63) is 0 Å². The number of hydrogen-bond donors (Lipinski definition) is 2. The van der Waals surface area contributed by atoms with E-state index in [4.69, 9.17) is 9.47 Å². The van der Waals surface area contributed by atoms with Gasteiger partial charge in [0.05, 0.1) is 12.7 Å². The summed E-state index contributed by atoms with van der Waals surface area (Å²) >= 11 is 0. The highest BCUT2D eigenvalue weighted by Gasteiger charge is 2.17. The van der Waals surface area contributed by atoms with E-state index in [1.54, 1.807) is 0 Å². The molecule has 0 bridgehead atoms. The monoisotopic (exact) mass is 230 g/mol.